The van der Waals surface area contributed by atoms with Gasteiger partial charge in [-0.05, 0) is 27.7 Å². The second-order valence-corrected chi connectivity index (χ2v) is 4.43. The molecule has 98 valence electrons. The van der Waals surface area contributed by atoms with Crippen LogP contribution in [0.3, 0.4) is 0 Å². The third-order valence-electron chi connectivity index (χ3n) is 1.74. The molecule has 1 N–H and O–H groups in total. The van der Waals surface area contributed by atoms with Crippen molar-refractivity contribution in [2.45, 2.75) is 47.1 Å². The predicted octanol–water partition coefficient (Wildman–Crippen LogP) is 3.10. The maximum atomic E-state index is 11.5. The second-order valence-electron chi connectivity index (χ2n) is 4.43. The molecule has 1 heterocycles. The summed E-state index contributed by atoms with van der Waals surface area (Å²) in [7, 11) is 1.76. The molecule has 0 saturated carbocycles. The van der Waals surface area contributed by atoms with Gasteiger partial charge in [-0.3, -0.25) is 10.00 Å². The van der Waals surface area contributed by atoms with E-state index in [0.29, 0.717) is 5.82 Å². The number of anilines is 1. The molecular weight excluding hydrogens is 218 g/mol. The Morgan fingerprint density at radius 2 is 1.94 bits per heavy atom. The summed E-state index contributed by atoms with van der Waals surface area (Å²) >= 11 is 0. The van der Waals surface area contributed by atoms with E-state index in [2.05, 4.69) is 10.4 Å². The van der Waals surface area contributed by atoms with Crippen molar-refractivity contribution in [3.8, 4) is 0 Å². The molecule has 1 rings (SSSR count). The molecule has 0 bridgehead atoms. The van der Waals surface area contributed by atoms with Crippen LogP contribution in [0.15, 0.2) is 6.20 Å². The molecule has 0 radical (unpaired) electrons. The molecule has 5 heteroatoms. The highest BCUT2D eigenvalue weighted by atomic mass is 16.6. The zero-order valence-electron chi connectivity index (χ0n) is 11.8. The molecule has 0 atom stereocenters. The minimum atomic E-state index is -0.490. The summed E-state index contributed by atoms with van der Waals surface area (Å²) in [5.41, 5.74) is 0.416. The van der Waals surface area contributed by atoms with E-state index in [1.807, 2.05) is 41.5 Å². The lowest BCUT2D eigenvalue weighted by molar-refractivity contribution is 0.0634. The molecule has 17 heavy (non-hydrogen) atoms. The van der Waals surface area contributed by atoms with E-state index < -0.39 is 11.7 Å². The van der Waals surface area contributed by atoms with Gasteiger partial charge in [-0.1, -0.05) is 13.8 Å². The van der Waals surface area contributed by atoms with Gasteiger partial charge < -0.3 is 4.74 Å². The van der Waals surface area contributed by atoms with Crippen molar-refractivity contribution in [3.05, 3.63) is 11.8 Å². The maximum absolute atomic E-state index is 11.5. The first kappa shape index (κ1) is 15.5. The summed E-state index contributed by atoms with van der Waals surface area (Å²) in [6.45, 7) is 11.3. The summed E-state index contributed by atoms with van der Waals surface area (Å²) < 4.78 is 6.73. The fraction of sp³-hybridized carbons (Fsp3) is 0.667. The highest BCUT2D eigenvalue weighted by Crippen LogP contribution is 2.14. The zero-order chi connectivity index (χ0) is 13.6. The van der Waals surface area contributed by atoms with Gasteiger partial charge in [0.15, 0.2) is 0 Å². The Morgan fingerprint density at radius 1 is 1.41 bits per heavy atom. The van der Waals surface area contributed by atoms with Crippen molar-refractivity contribution in [2.24, 2.45) is 7.05 Å². The number of hydrogen-bond donors (Lipinski definition) is 1. The summed E-state index contributed by atoms with van der Waals surface area (Å²) in [6, 6.07) is 0. The van der Waals surface area contributed by atoms with E-state index in [4.69, 9.17) is 4.74 Å². The van der Waals surface area contributed by atoms with Crippen molar-refractivity contribution >= 4 is 11.9 Å². The van der Waals surface area contributed by atoms with Crippen molar-refractivity contribution in [1.29, 1.82) is 0 Å². The van der Waals surface area contributed by atoms with E-state index in [1.54, 1.807) is 17.9 Å². The van der Waals surface area contributed by atoms with E-state index in [0.717, 1.165) is 5.56 Å². The smallest absolute Gasteiger partial charge is 0.413 e. The van der Waals surface area contributed by atoms with Crippen LogP contribution in [0.4, 0.5) is 10.6 Å². The summed E-state index contributed by atoms with van der Waals surface area (Å²) in [4.78, 5) is 11.5. The van der Waals surface area contributed by atoms with Crippen LogP contribution in [0.5, 0.6) is 0 Å². The van der Waals surface area contributed by atoms with Gasteiger partial charge in [-0.2, -0.15) is 5.10 Å². The van der Waals surface area contributed by atoms with Crippen LogP contribution in [0.25, 0.3) is 0 Å². The Labute approximate surface area is 103 Å². The fourth-order valence-electron chi connectivity index (χ4n) is 1.13. The SMILES string of the molecule is CC.Cc1cnn(C)c1NC(=O)OC(C)(C)C. The van der Waals surface area contributed by atoms with Crippen LogP contribution >= 0.6 is 0 Å². The molecule has 1 aromatic heterocycles. The van der Waals surface area contributed by atoms with E-state index in [9.17, 15) is 4.79 Å². The summed E-state index contributed by atoms with van der Waals surface area (Å²) in [5, 5.41) is 6.67. The van der Waals surface area contributed by atoms with Gasteiger partial charge in [0.25, 0.3) is 0 Å². The quantitative estimate of drug-likeness (QED) is 0.822. The number of carbonyl (C=O) groups excluding carboxylic acids is 1. The largest absolute Gasteiger partial charge is 0.444 e. The van der Waals surface area contributed by atoms with Gasteiger partial charge in [0.05, 0.1) is 6.20 Å². The highest BCUT2D eigenvalue weighted by molar-refractivity contribution is 5.84. The Hall–Kier alpha value is -1.52. The predicted molar refractivity (Wildman–Crippen MR) is 69.1 cm³/mol. The molecule has 0 aliphatic heterocycles. The third kappa shape index (κ3) is 5.38. The number of amides is 1. The minimum Gasteiger partial charge on any atom is -0.444 e. The molecule has 0 saturated heterocycles. The monoisotopic (exact) mass is 241 g/mol. The zero-order valence-corrected chi connectivity index (χ0v) is 11.8. The molecule has 0 spiro atoms. The van der Waals surface area contributed by atoms with E-state index in [-0.39, 0.29) is 0 Å². The number of nitrogens with one attached hydrogen (secondary N) is 1. The Balaban J connectivity index is 0.00000121. The van der Waals surface area contributed by atoms with Crippen LogP contribution in [0, 0.1) is 6.92 Å². The number of aryl methyl sites for hydroxylation is 2. The fourth-order valence-corrected chi connectivity index (χ4v) is 1.13. The molecule has 1 amide bonds. The van der Waals surface area contributed by atoms with Gasteiger partial charge in [-0.15, -0.1) is 0 Å². The van der Waals surface area contributed by atoms with Crippen molar-refractivity contribution in [1.82, 2.24) is 9.78 Å². The second kappa shape index (κ2) is 6.27. The van der Waals surface area contributed by atoms with Crippen molar-refractivity contribution in [2.75, 3.05) is 5.32 Å². The molecule has 0 aliphatic carbocycles. The van der Waals surface area contributed by atoms with Crippen LogP contribution in [-0.4, -0.2) is 21.5 Å². The minimum absolute atomic E-state index is 0.464. The maximum Gasteiger partial charge on any atom is 0.413 e. The van der Waals surface area contributed by atoms with E-state index in [1.165, 1.54) is 0 Å². The van der Waals surface area contributed by atoms with Gasteiger partial charge >= 0.3 is 6.09 Å². The van der Waals surface area contributed by atoms with E-state index >= 15 is 0 Å². The number of carbonyl (C=O) groups is 1. The molecule has 1 aromatic rings. The molecular formula is C12H23N3O2. The number of hydrogen-bond acceptors (Lipinski definition) is 3. The number of nitrogens with zero attached hydrogens (tertiary/aromatic N) is 2. The number of rotatable bonds is 1. The lowest BCUT2D eigenvalue weighted by Crippen LogP contribution is -2.28. The molecule has 0 aromatic carbocycles. The van der Waals surface area contributed by atoms with Crippen molar-refractivity contribution in [3.63, 3.8) is 0 Å². The van der Waals surface area contributed by atoms with Crippen LogP contribution < -0.4 is 5.32 Å². The van der Waals surface area contributed by atoms with Gasteiger partial charge in [0.1, 0.15) is 11.4 Å². The van der Waals surface area contributed by atoms with Crippen LogP contribution in [0.1, 0.15) is 40.2 Å². The van der Waals surface area contributed by atoms with Gasteiger partial charge in [-0.25, -0.2) is 4.79 Å². The molecule has 5 nitrogen and oxygen atoms in total. The molecule has 0 unspecified atom stereocenters. The van der Waals surface area contributed by atoms with Crippen LogP contribution in [0.2, 0.25) is 0 Å². The first-order chi connectivity index (χ1) is 7.79. The summed E-state index contributed by atoms with van der Waals surface area (Å²) in [6.07, 6.45) is 1.22. The van der Waals surface area contributed by atoms with Crippen molar-refractivity contribution < 1.29 is 9.53 Å². The average Bonchev–Trinajstić information content (AvgIpc) is 2.50. The Bertz CT molecular complexity index is 345. The van der Waals surface area contributed by atoms with Crippen LogP contribution in [-0.2, 0) is 11.8 Å². The standard InChI is InChI=1S/C10H17N3O2.C2H6/c1-7-6-11-13(5)8(7)12-9(14)15-10(2,3)4;1-2/h6H,1-5H3,(H,12,14);1-2H3. The lowest BCUT2D eigenvalue weighted by atomic mass is 10.2. The summed E-state index contributed by atoms with van der Waals surface area (Å²) in [5.74, 6) is 0.657. The van der Waals surface area contributed by atoms with Gasteiger partial charge in [0, 0.05) is 12.6 Å². The highest BCUT2D eigenvalue weighted by Gasteiger charge is 2.17. The lowest BCUT2D eigenvalue weighted by Gasteiger charge is -2.19. The average molecular weight is 241 g/mol. The first-order valence-corrected chi connectivity index (χ1v) is 5.78. The first-order valence-electron chi connectivity index (χ1n) is 5.78. The number of ether oxygens (including phenoxy) is 1. The number of aromatic nitrogens is 2. The van der Waals surface area contributed by atoms with Gasteiger partial charge in [0.2, 0.25) is 0 Å². The molecule has 0 aliphatic rings. The Morgan fingerprint density at radius 3 is 2.29 bits per heavy atom. The molecule has 0 fully saturated rings. The normalized spacial score (nSPS) is 10.3. The Kier molecular flexibility index (Phi) is 5.71. The topological polar surface area (TPSA) is 56.2 Å². The third-order valence-corrected chi connectivity index (χ3v) is 1.74.